The molecule has 15 heavy (non-hydrogen) atoms. The van der Waals surface area contributed by atoms with Crippen molar-refractivity contribution in [2.75, 3.05) is 23.7 Å². The standard InChI is InChI=1S/C11H18N4/c1-8-3-4-15(6-9(8)2)11-5-10(12)13-7-14-11/h5,7-9H,3-4,6H2,1-2H3,(H2,12,13,14). The van der Waals surface area contributed by atoms with Gasteiger partial charge in [0.15, 0.2) is 0 Å². The molecule has 0 aromatic carbocycles. The minimum absolute atomic E-state index is 0.547. The number of piperidine rings is 1. The van der Waals surface area contributed by atoms with E-state index in [0.29, 0.717) is 5.82 Å². The molecule has 0 radical (unpaired) electrons. The first-order valence-corrected chi connectivity index (χ1v) is 5.49. The van der Waals surface area contributed by atoms with Crippen molar-refractivity contribution in [3.8, 4) is 0 Å². The van der Waals surface area contributed by atoms with Gasteiger partial charge in [0, 0.05) is 19.2 Å². The molecule has 1 aromatic rings. The van der Waals surface area contributed by atoms with E-state index in [2.05, 4.69) is 28.7 Å². The molecule has 0 aliphatic carbocycles. The van der Waals surface area contributed by atoms with Crippen molar-refractivity contribution in [3.05, 3.63) is 12.4 Å². The molecule has 1 fully saturated rings. The van der Waals surface area contributed by atoms with E-state index in [4.69, 9.17) is 5.73 Å². The maximum absolute atomic E-state index is 5.65. The largest absolute Gasteiger partial charge is 0.384 e. The summed E-state index contributed by atoms with van der Waals surface area (Å²) in [6.45, 7) is 6.75. The normalized spacial score (nSPS) is 26.7. The van der Waals surface area contributed by atoms with E-state index in [1.807, 2.05) is 6.07 Å². The average Bonchev–Trinajstić information content (AvgIpc) is 2.22. The Morgan fingerprint density at radius 3 is 2.80 bits per heavy atom. The van der Waals surface area contributed by atoms with E-state index in [9.17, 15) is 0 Å². The molecule has 4 heteroatoms. The molecule has 2 rings (SSSR count). The molecule has 4 nitrogen and oxygen atoms in total. The molecule has 2 heterocycles. The maximum atomic E-state index is 5.65. The molecule has 1 aliphatic rings. The minimum Gasteiger partial charge on any atom is -0.384 e. The summed E-state index contributed by atoms with van der Waals surface area (Å²) < 4.78 is 0. The van der Waals surface area contributed by atoms with Gasteiger partial charge in [0.25, 0.3) is 0 Å². The maximum Gasteiger partial charge on any atom is 0.134 e. The Kier molecular flexibility index (Phi) is 2.75. The van der Waals surface area contributed by atoms with Gasteiger partial charge in [0.1, 0.15) is 18.0 Å². The van der Waals surface area contributed by atoms with Crippen LogP contribution in [-0.2, 0) is 0 Å². The van der Waals surface area contributed by atoms with Crippen LogP contribution >= 0.6 is 0 Å². The van der Waals surface area contributed by atoms with Gasteiger partial charge in [-0.05, 0) is 18.3 Å². The van der Waals surface area contributed by atoms with Crippen LogP contribution in [0.3, 0.4) is 0 Å². The van der Waals surface area contributed by atoms with Gasteiger partial charge in [-0.2, -0.15) is 0 Å². The van der Waals surface area contributed by atoms with Gasteiger partial charge in [0.05, 0.1) is 0 Å². The van der Waals surface area contributed by atoms with E-state index in [-0.39, 0.29) is 0 Å². The van der Waals surface area contributed by atoms with E-state index < -0.39 is 0 Å². The number of hydrogen-bond acceptors (Lipinski definition) is 4. The Bertz CT molecular complexity index is 339. The van der Waals surface area contributed by atoms with Crippen molar-refractivity contribution in [1.82, 2.24) is 9.97 Å². The lowest BCUT2D eigenvalue weighted by molar-refractivity contribution is 0.323. The molecular formula is C11H18N4. The van der Waals surface area contributed by atoms with Crippen molar-refractivity contribution in [3.63, 3.8) is 0 Å². The molecule has 0 spiro atoms. The molecule has 0 amide bonds. The zero-order valence-corrected chi connectivity index (χ0v) is 9.35. The van der Waals surface area contributed by atoms with E-state index >= 15 is 0 Å². The second-order valence-corrected chi connectivity index (χ2v) is 4.49. The summed E-state index contributed by atoms with van der Waals surface area (Å²) >= 11 is 0. The number of nitrogens with zero attached hydrogens (tertiary/aromatic N) is 3. The summed E-state index contributed by atoms with van der Waals surface area (Å²) in [5.74, 6) is 3.03. The van der Waals surface area contributed by atoms with Gasteiger partial charge in [-0.25, -0.2) is 9.97 Å². The van der Waals surface area contributed by atoms with Crippen LogP contribution < -0.4 is 10.6 Å². The SMILES string of the molecule is CC1CCN(c2cc(N)ncn2)CC1C. The Morgan fingerprint density at radius 2 is 2.13 bits per heavy atom. The summed E-state index contributed by atoms with van der Waals surface area (Å²) in [7, 11) is 0. The van der Waals surface area contributed by atoms with Crippen LogP contribution in [0.25, 0.3) is 0 Å². The topological polar surface area (TPSA) is 55.0 Å². The molecule has 2 unspecified atom stereocenters. The first-order valence-electron chi connectivity index (χ1n) is 5.49. The fraction of sp³-hybridized carbons (Fsp3) is 0.636. The van der Waals surface area contributed by atoms with Gasteiger partial charge in [0.2, 0.25) is 0 Å². The highest BCUT2D eigenvalue weighted by Crippen LogP contribution is 2.25. The quantitative estimate of drug-likeness (QED) is 0.757. The lowest BCUT2D eigenvalue weighted by atomic mass is 9.89. The van der Waals surface area contributed by atoms with Crippen LogP contribution in [-0.4, -0.2) is 23.1 Å². The molecule has 2 N–H and O–H groups in total. The minimum atomic E-state index is 0.547. The molecule has 82 valence electrons. The summed E-state index contributed by atoms with van der Waals surface area (Å²) in [5, 5.41) is 0. The molecule has 0 saturated carbocycles. The zero-order valence-electron chi connectivity index (χ0n) is 9.35. The fourth-order valence-electron chi connectivity index (χ4n) is 2.01. The number of nitrogens with two attached hydrogens (primary N) is 1. The second-order valence-electron chi connectivity index (χ2n) is 4.49. The van der Waals surface area contributed by atoms with E-state index in [0.717, 1.165) is 30.7 Å². The first-order chi connectivity index (χ1) is 7.16. The summed E-state index contributed by atoms with van der Waals surface area (Å²) in [6.07, 6.45) is 2.76. The van der Waals surface area contributed by atoms with Gasteiger partial charge in [-0.1, -0.05) is 13.8 Å². The number of hydrogen-bond donors (Lipinski definition) is 1. The van der Waals surface area contributed by atoms with Gasteiger partial charge >= 0.3 is 0 Å². The van der Waals surface area contributed by atoms with Gasteiger partial charge < -0.3 is 10.6 Å². The third-order valence-corrected chi connectivity index (χ3v) is 3.33. The van der Waals surface area contributed by atoms with Crippen molar-refractivity contribution < 1.29 is 0 Å². The highest BCUT2D eigenvalue weighted by atomic mass is 15.2. The van der Waals surface area contributed by atoms with Crippen LogP contribution in [0.5, 0.6) is 0 Å². The van der Waals surface area contributed by atoms with Crippen LogP contribution in [0.4, 0.5) is 11.6 Å². The number of aromatic nitrogens is 2. The predicted octanol–water partition coefficient (Wildman–Crippen LogP) is 1.54. The number of nitrogen functional groups attached to an aromatic ring is 1. The van der Waals surface area contributed by atoms with E-state index in [1.54, 1.807) is 0 Å². The summed E-state index contributed by atoms with van der Waals surface area (Å²) in [4.78, 5) is 10.5. The zero-order chi connectivity index (χ0) is 10.8. The van der Waals surface area contributed by atoms with Crippen LogP contribution in [0, 0.1) is 11.8 Å². The number of rotatable bonds is 1. The molecule has 2 atom stereocenters. The third-order valence-electron chi connectivity index (χ3n) is 3.33. The lowest BCUT2D eigenvalue weighted by Crippen LogP contribution is -2.38. The van der Waals surface area contributed by atoms with Gasteiger partial charge in [-0.15, -0.1) is 0 Å². The lowest BCUT2D eigenvalue weighted by Gasteiger charge is -2.35. The summed E-state index contributed by atoms with van der Waals surface area (Å²) in [5.41, 5.74) is 5.65. The fourth-order valence-corrected chi connectivity index (χ4v) is 2.01. The predicted molar refractivity (Wildman–Crippen MR) is 61.6 cm³/mol. The van der Waals surface area contributed by atoms with Crippen LogP contribution in [0.2, 0.25) is 0 Å². The van der Waals surface area contributed by atoms with Crippen molar-refractivity contribution >= 4 is 11.6 Å². The van der Waals surface area contributed by atoms with Gasteiger partial charge in [-0.3, -0.25) is 0 Å². The Labute approximate surface area is 90.5 Å². The first kappa shape index (κ1) is 10.2. The molecule has 1 aliphatic heterocycles. The van der Waals surface area contributed by atoms with Crippen molar-refractivity contribution in [2.24, 2.45) is 11.8 Å². The van der Waals surface area contributed by atoms with Crippen molar-refractivity contribution in [2.45, 2.75) is 20.3 Å². The highest BCUT2D eigenvalue weighted by molar-refractivity contribution is 5.46. The summed E-state index contributed by atoms with van der Waals surface area (Å²) in [6, 6.07) is 1.85. The molecule has 1 aromatic heterocycles. The molecule has 1 saturated heterocycles. The Hall–Kier alpha value is -1.32. The smallest absolute Gasteiger partial charge is 0.134 e. The second kappa shape index (κ2) is 4.04. The average molecular weight is 206 g/mol. The van der Waals surface area contributed by atoms with E-state index in [1.165, 1.54) is 12.7 Å². The number of anilines is 2. The third kappa shape index (κ3) is 2.19. The van der Waals surface area contributed by atoms with Crippen LogP contribution in [0.1, 0.15) is 20.3 Å². The Balaban J connectivity index is 2.12. The molecular weight excluding hydrogens is 188 g/mol. The molecule has 0 bridgehead atoms. The Morgan fingerprint density at radius 1 is 1.33 bits per heavy atom. The monoisotopic (exact) mass is 206 g/mol. The van der Waals surface area contributed by atoms with Crippen LogP contribution in [0.15, 0.2) is 12.4 Å². The highest BCUT2D eigenvalue weighted by Gasteiger charge is 2.23. The van der Waals surface area contributed by atoms with Crippen molar-refractivity contribution in [1.29, 1.82) is 0 Å².